The van der Waals surface area contributed by atoms with Crippen LogP contribution < -0.4 is 10.6 Å². The number of aromatic nitrogens is 4. The van der Waals surface area contributed by atoms with Crippen LogP contribution in [0.25, 0.3) is 22.3 Å². The molecule has 0 bridgehead atoms. The Morgan fingerprint density at radius 2 is 1.97 bits per heavy atom. The summed E-state index contributed by atoms with van der Waals surface area (Å²) >= 11 is 0. The summed E-state index contributed by atoms with van der Waals surface area (Å²) in [5.74, 6) is -0.0945. The lowest BCUT2D eigenvalue weighted by atomic mass is 10.0. The molecule has 2 atom stereocenters. The minimum Gasteiger partial charge on any atom is -0.350 e. The Morgan fingerprint density at radius 3 is 2.62 bits per heavy atom. The predicted molar refractivity (Wildman–Crippen MR) is 123 cm³/mol. The number of nitrogens with one attached hydrogen (secondary N) is 3. The van der Waals surface area contributed by atoms with Gasteiger partial charge in [-0.2, -0.15) is 13.2 Å². The molecular formula is C23H28F3N7O. The van der Waals surface area contributed by atoms with E-state index in [1.165, 1.54) is 12.3 Å². The molecule has 0 aliphatic carbocycles. The number of piperidine rings is 1. The second-order valence-electron chi connectivity index (χ2n) is 8.45. The van der Waals surface area contributed by atoms with Crippen LogP contribution in [0.4, 0.5) is 19.1 Å². The molecule has 1 aliphatic rings. The van der Waals surface area contributed by atoms with E-state index < -0.39 is 11.7 Å². The quantitative estimate of drug-likeness (QED) is 0.497. The van der Waals surface area contributed by atoms with E-state index in [9.17, 15) is 18.0 Å². The molecule has 1 fully saturated rings. The molecule has 1 amide bonds. The first kappa shape index (κ1) is 23.9. The number of rotatable bonds is 6. The number of fused-ring (bicyclic) bond motifs is 1. The van der Waals surface area contributed by atoms with Gasteiger partial charge in [-0.15, -0.1) is 0 Å². The van der Waals surface area contributed by atoms with Crippen molar-refractivity contribution in [1.29, 1.82) is 0 Å². The van der Waals surface area contributed by atoms with Crippen LogP contribution in [0, 0.1) is 0 Å². The van der Waals surface area contributed by atoms with Crippen molar-refractivity contribution >= 4 is 22.9 Å². The zero-order valence-corrected chi connectivity index (χ0v) is 19.3. The maximum atomic E-state index is 13.8. The number of carbonyl (C=O) groups is 1. The van der Waals surface area contributed by atoms with Gasteiger partial charge >= 0.3 is 6.18 Å². The molecule has 0 aromatic carbocycles. The van der Waals surface area contributed by atoms with Crippen molar-refractivity contribution in [1.82, 2.24) is 30.2 Å². The lowest BCUT2D eigenvalue weighted by Gasteiger charge is -2.28. The highest BCUT2D eigenvalue weighted by Gasteiger charge is 2.36. The minimum absolute atomic E-state index is 0.0269. The SMILES string of the molecule is CCN(CC)C(=O)c1ccc2c(-c3nc(N[C@H]4CC[C@H](C)NC4)ncc3C(F)(F)F)c[nH]c2n1. The lowest BCUT2D eigenvalue weighted by Crippen LogP contribution is -2.43. The van der Waals surface area contributed by atoms with Crippen molar-refractivity contribution in [3.8, 4) is 11.3 Å². The number of alkyl halides is 3. The van der Waals surface area contributed by atoms with Crippen molar-refractivity contribution in [2.75, 3.05) is 25.0 Å². The third-order valence-electron chi connectivity index (χ3n) is 6.15. The van der Waals surface area contributed by atoms with Crippen molar-refractivity contribution < 1.29 is 18.0 Å². The zero-order chi connectivity index (χ0) is 24.5. The summed E-state index contributed by atoms with van der Waals surface area (Å²) in [6.45, 7) is 7.58. The van der Waals surface area contributed by atoms with E-state index in [0.717, 1.165) is 19.0 Å². The molecule has 11 heteroatoms. The summed E-state index contributed by atoms with van der Waals surface area (Å²) in [4.78, 5) is 29.7. The van der Waals surface area contributed by atoms with Crippen molar-refractivity contribution in [3.63, 3.8) is 0 Å². The Kier molecular flexibility index (Phi) is 6.74. The third kappa shape index (κ3) is 4.84. The molecule has 0 unspecified atom stereocenters. The second kappa shape index (κ2) is 9.57. The van der Waals surface area contributed by atoms with Crippen LogP contribution in [-0.2, 0) is 6.18 Å². The molecule has 1 aliphatic heterocycles. The monoisotopic (exact) mass is 475 g/mol. The molecule has 4 heterocycles. The molecule has 1 saturated heterocycles. The van der Waals surface area contributed by atoms with Gasteiger partial charge in [0.15, 0.2) is 0 Å². The van der Waals surface area contributed by atoms with Crippen LogP contribution in [0.3, 0.4) is 0 Å². The normalized spacial score (nSPS) is 18.8. The number of hydrogen-bond acceptors (Lipinski definition) is 6. The van der Waals surface area contributed by atoms with E-state index in [-0.39, 0.29) is 34.8 Å². The van der Waals surface area contributed by atoms with Gasteiger partial charge in [0, 0.05) is 55.1 Å². The second-order valence-corrected chi connectivity index (χ2v) is 8.45. The summed E-state index contributed by atoms with van der Waals surface area (Å²) in [6, 6.07) is 3.56. The molecule has 4 rings (SSSR count). The van der Waals surface area contributed by atoms with Gasteiger partial charge in [-0.25, -0.2) is 15.0 Å². The smallest absolute Gasteiger partial charge is 0.350 e. The minimum atomic E-state index is -4.63. The Hall–Kier alpha value is -3.21. The average Bonchev–Trinajstić information content (AvgIpc) is 3.24. The molecule has 3 aromatic rings. The highest BCUT2D eigenvalue weighted by molar-refractivity contribution is 5.98. The van der Waals surface area contributed by atoms with Gasteiger partial charge in [0.2, 0.25) is 5.95 Å². The predicted octanol–water partition coefficient (Wildman–Crippen LogP) is 4.07. The standard InChI is InChI=1S/C23H28F3N7O/c1-4-33(5-2)21(34)18-9-8-15-16(11-28-20(15)31-18)19-17(23(24,25)26)12-29-22(32-19)30-14-7-6-13(3)27-10-14/h8-9,11-14,27H,4-7,10H2,1-3H3,(H,28,31)(H,29,30,32)/t13-,14-/m0/s1. The number of pyridine rings is 1. The van der Waals surface area contributed by atoms with Crippen LogP contribution in [-0.4, -0.2) is 62.5 Å². The molecule has 0 saturated carbocycles. The molecular weight excluding hydrogens is 447 g/mol. The fraction of sp³-hybridized carbons (Fsp3) is 0.478. The van der Waals surface area contributed by atoms with Gasteiger partial charge < -0.3 is 20.5 Å². The maximum Gasteiger partial charge on any atom is 0.419 e. The molecule has 0 spiro atoms. The molecule has 8 nitrogen and oxygen atoms in total. The largest absolute Gasteiger partial charge is 0.419 e. The Balaban J connectivity index is 1.71. The van der Waals surface area contributed by atoms with E-state index in [0.29, 0.717) is 36.7 Å². The van der Waals surface area contributed by atoms with E-state index in [4.69, 9.17) is 0 Å². The first-order chi connectivity index (χ1) is 16.2. The van der Waals surface area contributed by atoms with Crippen LogP contribution in [0.2, 0.25) is 0 Å². The van der Waals surface area contributed by atoms with Crippen molar-refractivity contribution in [2.45, 2.75) is 51.9 Å². The molecule has 34 heavy (non-hydrogen) atoms. The first-order valence-corrected chi connectivity index (χ1v) is 11.4. The highest BCUT2D eigenvalue weighted by atomic mass is 19.4. The first-order valence-electron chi connectivity index (χ1n) is 11.4. The van der Waals surface area contributed by atoms with Crippen LogP contribution in [0.1, 0.15) is 49.7 Å². The summed E-state index contributed by atoms with van der Waals surface area (Å²) < 4.78 is 41.5. The Morgan fingerprint density at radius 1 is 1.21 bits per heavy atom. The van der Waals surface area contributed by atoms with E-state index >= 15 is 0 Å². The van der Waals surface area contributed by atoms with Crippen LogP contribution in [0.15, 0.2) is 24.5 Å². The number of carbonyl (C=O) groups excluding carboxylic acids is 1. The van der Waals surface area contributed by atoms with Gasteiger partial charge in [-0.3, -0.25) is 4.79 Å². The van der Waals surface area contributed by atoms with Crippen LogP contribution in [0.5, 0.6) is 0 Å². The van der Waals surface area contributed by atoms with E-state index in [1.54, 1.807) is 11.0 Å². The molecule has 3 N–H and O–H groups in total. The average molecular weight is 476 g/mol. The van der Waals surface area contributed by atoms with Gasteiger partial charge in [0.1, 0.15) is 16.9 Å². The summed E-state index contributed by atoms with van der Waals surface area (Å²) in [7, 11) is 0. The summed E-state index contributed by atoms with van der Waals surface area (Å²) in [6.07, 6.45) is -0.559. The molecule has 182 valence electrons. The number of aromatic amines is 1. The highest BCUT2D eigenvalue weighted by Crippen LogP contribution is 2.38. The van der Waals surface area contributed by atoms with Gasteiger partial charge in [-0.1, -0.05) is 0 Å². The summed E-state index contributed by atoms with van der Waals surface area (Å²) in [5.41, 5.74) is -0.377. The Labute approximate surface area is 195 Å². The van der Waals surface area contributed by atoms with E-state index in [2.05, 4.69) is 37.5 Å². The molecule has 0 radical (unpaired) electrons. The number of nitrogens with zero attached hydrogens (tertiary/aromatic N) is 4. The zero-order valence-electron chi connectivity index (χ0n) is 19.3. The maximum absolute atomic E-state index is 13.8. The molecule has 3 aromatic heterocycles. The number of hydrogen-bond donors (Lipinski definition) is 3. The number of H-pyrrole nitrogens is 1. The number of amides is 1. The van der Waals surface area contributed by atoms with Crippen LogP contribution >= 0.6 is 0 Å². The van der Waals surface area contributed by atoms with Crippen molar-refractivity contribution in [2.24, 2.45) is 0 Å². The van der Waals surface area contributed by atoms with Gasteiger partial charge in [0.25, 0.3) is 5.91 Å². The Bertz CT molecular complexity index is 1170. The fourth-order valence-electron chi connectivity index (χ4n) is 4.16. The number of halogens is 3. The fourth-order valence-corrected chi connectivity index (χ4v) is 4.16. The van der Waals surface area contributed by atoms with Crippen molar-refractivity contribution in [3.05, 3.63) is 35.8 Å². The number of anilines is 1. The summed E-state index contributed by atoms with van der Waals surface area (Å²) in [5, 5.41) is 6.94. The van der Waals surface area contributed by atoms with Gasteiger partial charge in [-0.05, 0) is 45.7 Å². The lowest BCUT2D eigenvalue weighted by molar-refractivity contribution is -0.137. The third-order valence-corrected chi connectivity index (χ3v) is 6.15. The van der Waals surface area contributed by atoms with Gasteiger partial charge in [0.05, 0.1) is 5.69 Å². The topological polar surface area (TPSA) is 98.8 Å². The van der Waals surface area contributed by atoms with E-state index in [1.807, 2.05) is 13.8 Å².